The third kappa shape index (κ3) is 7.38. The molecule has 0 aliphatic heterocycles. The number of para-hydroxylation sites is 1. The molecule has 2 aromatic rings. The maximum absolute atomic E-state index is 5.86. The molecule has 0 radical (unpaired) electrons. The minimum Gasteiger partial charge on any atom is -0.493 e. The Bertz CT molecular complexity index is 681. The molecule has 0 saturated heterocycles. The molecule has 0 spiro atoms. The number of nitrogens with two attached hydrogens (primary N) is 1. The lowest BCUT2D eigenvalue weighted by Gasteiger charge is -2.09. The van der Waals surface area contributed by atoms with E-state index in [1.807, 2.05) is 48.5 Å². The summed E-state index contributed by atoms with van der Waals surface area (Å²) >= 11 is 0. The molecule has 0 aliphatic rings. The number of rotatable bonds is 9. The fourth-order valence-electron chi connectivity index (χ4n) is 2.26. The molecule has 0 bridgehead atoms. The summed E-state index contributed by atoms with van der Waals surface area (Å²) in [6, 6.07) is 15.5. The number of nitrogens with one attached hydrogen (secondary N) is 1. The van der Waals surface area contributed by atoms with Crippen molar-refractivity contribution in [2.45, 2.75) is 6.42 Å². The van der Waals surface area contributed by atoms with Crippen molar-refractivity contribution in [1.82, 2.24) is 5.32 Å². The van der Waals surface area contributed by atoms with E-state index >= 15 is 0 Å². The molecule has 7 heteroatoms. The van der Waals surface area contributed by atoms with Gasteiger partial charge in [0.2, 0.25) is 0 Å². The smallest absolute Gasteiger partial charge is 0.188 e. The predicted octanol–water partition coefficient (Wildman–Crippen LogP) is 2.85. The highest BCUT2D eigenvalue weighted by Crippen LogP contribution is 2.27. The summed E-state index contributed by atoms with van der Waals surface area (Å²) in [6.07, 6.45) is 0.767. The Morgan fingerprint density at radius 3 is 2.46 bits per heavy atom. The predicted molar refractivity (Wildman–Crippen MR) is 115 cm³/mol. The normalized spacial score (nSPS) is 10.6. The summed E-state index contributed by atoms with van der Waals surface area (Å²) in [5.74, 6) is 2.69. The molecule has 0 heterocycles. The first-order valence-electron chi connectivity index (χ1n) is 8.15. The van der Waals surface area contributed by atoms with Gasteiger partial charge < -0.3 is 25.3 Å². The summed E-state index contributed by atoms with van der Waals surface area (Å²) < 4.78 is 16.1. The number of ether oxygens (including phenoxy) is 3. The van der Waals surface area contributed by atoms with Crippen LogP contribution in [-0.4, -0.2) is 39.9 Å². The molecule has 6 nitrogen and oxygen atoms in total. The maximum Gasteiger partial charge on any atom is 0.188 e. The van der Waals surface area contributed by atoms with E-state index in [2.05, 4.69) is 10.3 Å². The molecule has 3 N–H and O–H groups in total. The lowest BCUT2D eigenvalue weighted by molar-refractivity contribution is 0.322. The van der Waals surface area contributed by atoms with Crippen molar-refractivity contribution in [3.63, 3.8) is 0 Å². The summed E-state index contributed by atoms with van der Waals surface area (Å²) in [5.41, 5.74) is 6.97. The van der Waals surface area contributed by atoms with Crippen LogP contribution in [0.5, 0.6) is 17.2 Å². The molecular weight excluding hydrogens is 445 g/mol. The molecule has 0 unspecified atom stereocenters. The third-order valence-corrected chi connectivity index (χ3v) is 3.55. The van der Waals surface area contributed by atoms with Gasteiger partial charge in [-0.3, -0.25) is 4.99 Å². The molecule has 0 aliphatic carbocycles. The third-order valence-electron chi connectivity index (χ3n) is 3.55. The highest BCUT2D eigenvalue weighted by atomic mass is 127. The number of hydrogen-bond acceptors (Lipinski definition) is 4. The van der Waals surface area contributed by atoms with Crippen LogP contribution in [0, 0.1) is 0 Å². The SMILES string of the molecule is COc1ccc(CCN=C(N)NCCOc2ccccc2)cc1OC.I. The monoisotopic (exact) mass is 471 g/mol. The van der Waals surface area contributed by atoms with Gasteiger partial charge in [-0.25, -0.2) is 0 Å². The molecule has 2 aromatic carbocycles. The van der Waals surface area contributed by atoms with Crippen LogP contribution in [0.4, 0.5) is 0 Å². The van der Waals surface area contributed by atoms with Crippen LogP contribution in [0.25, 0.3) is 0 Å². The largest absolute Gasteiger partial charge is 0.493 e. The van der Waals surface area contributed by atoms with Crippen LogP contribution in [0.15, 0.2) is 53.5 Å². The topological polar surface area (TPSA) is 78.1 Å². The summed E-state index contributed by atoms with van der Waals surface area (Å²) in [5, 5.41) is 3.04. The minimum atomic E-state index is 0. The van der Waals surface area contributed by atoms with Gasteiger partial charge in [-0.05, 0) is 36.2 Å². The van der Waals surface area contributed by atoms with E-state index in [9.17, 15) is 0 Å². The van der Waals surface area contributed by atoms with Crippen LogP contribution in [0.3, 0.4) is 0 Å². The van der Waals surface area contributed by atoms with Gasteiger partial charge in [0.15, 0.2) is 17.5 Å². The van der Waals surface area contributed by atoms with Gasteiger partial charge in [-0.2, -0.15) is 0 Å². The molecule has 0 aromatic heterocycles. The van der Waals surface area contributed by atoms with Crippen molar-refractivity contribution >= 4 is 29.9 Å². The zero-order chi connectivity index (χ0) is 17.9. The second kappa shape index (κ2) is 12.2. The Balaban J connectivity index is 0.00000338. The van der Waals surface area contributed by atoms with Crippen molar-refractivity contribution < 1.29 is 14.2 Å². The summed E-state index contributed by atoms with van der Waals surface area (Å²) in [4.78, 5) is 4.32. The van der Waals surface area contributed by atoms with Crippen LogP contribution < -0.4 is 25.3 Å². The van der Waals surface area contributed by atoms with E-state index in [1.54, 1.807) is 14.2 Å². The van der Waals surface area contributed by atoms with E-state index in [4.69, 9.17) is 19.9 Å². The van der Waals surface area contributed by atoms with Gasteiger partial charge in [-0.1, -0.05) is 24.3 Å². The number of aliphatic imine (C=N–C) groups is 1. The zero-order valence-electron chi connectivity index (χ0n) is 15.1. The first kappa shape index (κ1) is 21.9. The van der Waals surface area contributed by atoms with E-state index < -0.39 is 0 Å². The van der Waals surface area contributed by atoms with Crippen molar-refractivity contribution in [2.24, 2.45) is 10.7 Å². The summed E-state index contributed by atoms with van der Waals surface area (Å²) in [7, 11) is 3.24. The molecule has 26 heavy (non-hydrogen) atoms. The average molecular weight is 471 g/mol. The van der Waals surface area contributed by atoms with Crippen LogP contribution >= 0.6 is 24.0 Å². The number of hydrogen-bond donors (Lipinski definition) is 2. The van der Waals surface area contributed by atoms with Crippen LogP contribution in [-0.2, 0) is 6.42 Å². The van der Waals surface area contributed by atoms with E-state index in [0.29, 0.717) is 37.2 Å². The van der Waals surface area contributed by atoms with E-state index in [1.165, 1.54) is 0 Å². The number of nitrogens with zero attached hydrogens (tertiary/aromatic N) is 1. The number of benzene rings is 2. The van der Waals surface area contributed by atoms with Crippen molar-refractivity contribution in [3.05, 3.63) is 54.1 Å². The highest BCUT2D eigenvalue weighted by molar-refractivity contribution is 14.0. The Hall–Kier alpha value is -2.16. The second-order valence-corrected chi connectivity index (χ2v) is 5.29. The lowest BCUT2D eigenvalue weighted by atomic mass is 10.1. The molecule has 142 valence electrons. The first-order chi connectivity index (χ1) is 12.2. The van der Waals surface area contributed by atoms with Crippen molar-refractivity contribution in [3.8, 4) is 17.2 Å². The minimum absolute atomic E-state index is 0. The Kier molecular flexibility index (Phi) is 10.3. The summed E-state index contributed by atoms with van der Waals surface area (Å²) in [6.45, 7) is 1.71. The zero-order valence-corrected chi connectivity index (χ0v) is 17.4. The first-order valence-corrected chi connectivity index (χ1v) is 8.15. The van der Waals surface area contributed by atoms with Gasteiger partial charge >= 0.3 is 0 Å². The number of halogens is 1. The van der Waals surface area contributed by atoms with Crippen molar-refractivity contribution in [1.29, 1.82) is 0 Å². The quantitative estimate of drug-likeness (QED) is 0.255. The highest BCUT2D eigenvalue weighted by Gasteiger charge is 2.04. The van der Waals surface area contributed by atoms with Gasteiger partial charge in [0.05, 0.1) is 20.8 Å². The Morgan fingerprint density at radius 1 is 1.04 bits per heavy atom. The van der Waals surface area contributed by atoms with E-state index in [-0.39, 0.29) is 24.0 Å². The fourth-order valence-corrected chi connectivity index (χ4v) is 2.26. The number of methoxy groups -OCH3 is 2. The van der Waals surface area contributed by atoms with Gasteiger partial charge in [-0.15, -0.1) is 24.0 Å². The molecule has 0 atom stereocenters. The van der Waals surface area contributed by atoms with Crippen LogP contribution in [0.2, 0.25) is 0 Å². The van der Waals surface area contributed by atoms with Crippen molar-refractivity contribution in [2.75, 3.05) is 33.9 Å². The standard InChI is InChI=1S/C19H25N3O3.HI/c1-23-17-9-8-15(14-18(17)24-2)10-11-21-19(20)22-12-13-25-16-6-4-3-5-7-16;/h3-9,14H,10-13H2,1-2H3,(H3,20,21,22);1H. The van der Waals surface area contributed by atoms with Gasteiger partial charge in [0, 0.05) is 6.54 Å². The Morgan fingerprint density at radius 2 is 1.77 bits per heavy atom. The molecule has 0 amide bonds. The Labute approximate surface area is 171 Å². The molecular formula is C19H26IN3O3. The lowest BCUT2D eigenvalue weighted by Crippen LogP contribution is -2.34. The number of guanidine groups is 1. The van der Waals surface area contributed by atoms with Gasteiger partial charge in [0.25, 0.3) is 0 Å². The van der Waals surface area contributed by atoms with E-state index in [0.717, 1.165) is 17.7 Å². The maximum atomic E-state index is 5.86. The fraction of sp³-hybridized carbons (Fsp3) is 0.316. The molecule has 0 saturated carbocycles. The van der Waals surface area contributed by atoms with Crippen LogP contribution in [0.1, 0.15) is 5.56 Å². The molecule has 2 rings (SSSR count). The second-order valence-electron chi connectivity index (χ2n) is 5.29. The average Bonchev–Trinajstić information content (AvgIpc) is 2.66. The van der Waals surface area contributed by atoms with Gasteiger partial charge in [0.1, 0.15) is 12.4 Å². The molecule has 0 fully saturated rings.